The number of hydrogen-bond donors (Lipinski definition) is 1. The van der Waals surface area contributed by atoms with Gasteiger partial charge < -0.3 is 10.2 Å². The van der Waals surface area contributed by atoms with E-state index in [1.807, 2.05) is 6.92 Å². The fourth-order valence-electron chi connectivity index (χ4n) is 2.63. The molecule has 2 heterocycles. The minimum Gasteiger partial charge on any atom is -0.306 e. The van der Waals surface area contributed by atoms with Crippen LogP contribution in [0.4, 0.5) is 13.2 Å². The summed E-state index contributed by atoms with van der Waals surface area (Å²) in [4.78, 5) is 2.11. The third-order valence-corrected chi connectivity index (χ3v) is 3.40. The lowest BCUT2D eigenvalue weighted by atomic mass is 9.94. The van der Waals surface area contributed by atoms with E-state index in [4.69, 9.17) is 0 Å². The molecular formula is C9H15F3N2. The molecule has 2 fully saturated rings. The number of hydrogen-bond acceptors (Lipinski definition) is 2. The second-order valence-electron chi connectivity index (χ2n) is 4.20. The highest BCUT2D eigenvalue weighted by Crippen LogP contribution is 2.38. The van der Waals surface area contributed by atoms with E-state index in [-0.39, 0.29) is 11.8 Å². The van der Waals surface area contributed by atoms with Crippen molar-refractivity contribution < 1.29 is 13.2 Å². The Labute approximate surface area is 81.5 Å². The van der Waals surface area contributed by atoms with Gasteiger partial charge in [0.1, 0.15) is 6.04 Å². The number of halogens is 3. The monoisotopic (exact) mass is 208 g/mol. The zero-order valence-electron chi connectivity index (χ0n) is 8.14. The zero-order chi connectivity index (χ0) is 10.3. The normalized spacial score (nSPS) is 39.0. The Kier molecular flexibility index (Phi) is 2.47. The number of fused-ring (bicyclic) bond motifs is 1. The second kappa shape index (κ2) is 3.38. The molecule has 0 spiro atoms. The van der Waals surface area contributed by atoms with Gasteiger partial charge in [0.2, 0.25) is 0 Å². The third-order valence-electron chi connectivity index (χ3n) is 3.40. The lowest BCUT2D eigenvalue weighted by molar-refractivity contribution is -0.161. The molecule has 0 saturated carbocycles. The highest BCUT2D eigenvalue weighted by Gasteiger charge is 2.53. The minimum atomic E-state index is -4.08. The predicted octanol–water partition coefficient (Wildman–Crippen LogP) is 1.09. The van der Waals surface area contributed by atoms with Crippen LogP contribution in [0.15, 0.2) is 0 Å². The Bertz CT molecular complexity index is 217. The Balaban J connectivity index is 2.05. The van der Waals surface area contributed by atoms with Gasteiger partial charge in [0.05, 0.1) is 0 Å². The average Bonchev–Trinajstić information content (AvgIpc) is 2.57. The summed E-state index contributed by atoms with van der Waals surface area (Å²) in [7, 11) is 0. The van der Waals surface area contributed by atoms with E-state index in [0.29, 0.717) is 13.1 Å². The fourth-order valence-corrected chi connectivity index (χ4v) is 2.63. The van der Waals surface area contributed by atoms with Crippen LogP contribution in [0, 0.1) is 11.8 Å². The first kappa shape index (κ1) is 10.2. The number of rotatable bonds is 1. The van der Waals surface area contributed by atoms with Gasteiger partial charge in [-0.15, -0.1) is 0 Å². The maximum Gasteiger partial charge on any atom is 0.404 e. The van der Waals surface area contributed by atoms with E-state index < -0.39 is 12.2 Å². The van der Waals surface area contributed by atoms with E-state index >= 15 is 0 Å². The smallest absolute Gasteiger partial charge is 0.306 e. The van der Waals surface area contributed by atoms with Gasteiger partial charge >= 0.3 is 6.18 Å². The highest BCUT2D eigenvalue weighted by molar-refractivity contribution is 5.00. The van der Waals surface area contributed by atoms with Gasteiger partial charge in [-0.2, -0.15) is 13.2 Å². The van der Waals surface area contributed by atoms with Crippen LogP contribution in [-0.4, -0.2) is 43.3 Å². The van der Waals surface area contributed by atoms with Crippen LogP contribution in [0.25, 0.3) is 0 Å². The van der Waals surface area contributed by atoms with E-state index in [9.17, 15) is 13.2 Å². The Morgan fingerprint density at radius 3 is 2.64 bits per heavy atom. The van der Waals surface area contributed by atoms with Gasteiger partial charge in [-0.1, -0.05) is 6.92 Å². The van der Waals surface area contributed by atoms with Crippen LogP contribution >= 0.6 is 0 Å². The molecule has 0 aromatic carbocycles. The molecule has 0 aliphatic carbocycles. The molecule has 82 valence electrons. The van der Waals surface area contributed by atoms with Crippen molar-refractivity contribution in [1.29, 1.82) is 0 Å². The maximum absolute atomic E-state index is 12.5. The van der Waals surface area contributed by atoms with Crippen LogP contribution < -0.4 is 5.32 Å². The lowest BCUT2D eigenvalue weighted by Crippen LogP contribution is -2.43. The Hall–Kier alpha value is -0.290. The topological polar surface area (TPSA) is 15.3 Å². The van der Waals surface area contributed by atoms with Crippen molar-refractivity contribution in [3.8, 4) is 0 Å². The van der Waals surface area contributed by atoms with E-state index in [1.54, 1.807) is 0 Å². The molecule has 2 rings (SSSR count). The highest BCUT2D eigenvalue weighted by atomic mass is 19.4. The molecule has 2 aliphatic rings. The molecule has 2 nitrogen and oxygen atoms in total. The molecule has 14 heavy (non-hydrogen) atoms. The molecule has 0 aromatic rings. The summed E-state index contributed by atoms with van der Waals surface area (Å²) in [6.45, 7) is 4.79. The summed E-state index contributed by atoms with van der Waals surface area (Å²) in [6, 6.07) is -1.27. The quantitative estimate of drug-likeness (QED) is 0.694. The molecule has 2 saturated heterocycles. The number of likely N-dealkylation sites (tertiary alicyclic amines) is 1. The summed E-state index contributed by atoms with van der Waals surface area (Å²) in [6.07, 6.45) is -4.08. The van der Waals surface area contributed by atoms with Gasteiger partial charge in [0, 0.05) is 25.6 Å². The van der Waals surface area contributed by atoms with Crippen LogP contribution in [0.5, 0.6) is 0 Å². The van der Waals surface area contributed by atoms with Gasteiger partial charge in [-0.25, -0.2) is 0 Å². The van der Waals surface area contributed by atoms with Crippen molar-refractivity contribution in [2.24, 2.45) is 11.8 Å². The Morgan fingerprint density at radius 2 is 2.07 bits per heavy atom. The summed E-state index contributed by atoms with van der Waals surface area (Å²) >= 11 is 0. The molecular weight excluding hydrogens is 193 g/mol. The predicted molar refractivity (Wildman–Crippen MR) is 46.9 cm³/mol. The SMILES string of the molecule is CCN1CC2CNC(C(F)(F)F)C2C1. The zero-order valence-corrected chi connectivity index (χ0v) is 8.14. The Morgan fingerprint density at radius 1 is 1.36 bits per heavy atom. The molecule has 0 aromatic heterocycles. The van der Waals surface area contributed by atoms with Crippen LogP contribution in [0.2, 0.25) is 0 Å². The van der Waals surface area contributed by atoms with Crippen molar-refractivity contribution >= 4 is 0 Å². The number of alkyl halides is 3. The largest absolute Gasteiger partial charge is 0.404 e. The third kappa shape index (κ3) is 1.63. The minimum absolute atomic E-state index is 0.196. The maximum atomic E-state index is 12.5. The molecule has 0 radical (unpaired) electrons. The number of nitrogens with one attached hydrogen (secondary N) is 1. The van der Waals surface area contributed by atoms with E-state index in [2.05, 4.69) is 10.2 Å². The summed E-state index contributed by atoms with van der Waals surface area (Å²) in [5.41, 5.74) is 0. The summed E-state index contributed by atoms with van der Waals surface area (Å²) in [5.74, 6) is -0.0310. The van der Waals surface area contributed by atoms with Crippen molar-refractivity contribution in [3.63, 3.8) is 0 Å². The van der Waals surface area contributed by atoms with E-state index in [1.165, 1.54) is 0 Å². The first-order chi connectivity index (χ1) is 6.52. The molecule has 3 unspecified atom stereocenters. The summed E-state index contributed by atoms with van der Waals surface area (Å²) < 4.78 is 37.6. The second-order valence-corrected chi connectivity index (χ2v) is 4.20. The van der Waals surface area contributed by atoms with E-state index in [0.717, 1.165) is 13.1 Å². The van der Waals surface area contributed by atoms with Crippen LogP contribution in [-0.2, 0) is 0 Å². The van der Waals surface area contributed by atoms with Crippen LogP contribution in [0.3, 0.4) is 0 Å². The fraction of sp³-hybridized carbons (Fsp3) is 1.00. The van der Waals surface area contributed by atoms with Crippen LogP contribution in [0.1, 0.15) is 6.92 Å². The number of nitrogens with zero attached hydrogens (tertiary/aromatic N) is 1. The lowest BCUT2D eigenvalue weighted by Gasteiger charge is -2.22. The van der Waals surface area contributed by atoms with Crippen molar-refractivity contribution in [1.82, 2.24) is 10.2 Å². The molecule has 5 heteroatoms. The van der Waals surface area contributed by atoms with Gasteiger partial charge in [0.15, 0.2) is 0 Å². The first-order valence-corrected chi connectivity index (χ1v) is 5.05. The summed E-state index contributed by atoms with van der Waals surface area (Å²) in [5, 5.41) is 2.59. The standard InChI is InChI=1S/C9H15F3N2/c1-2-14-4-6-3-13-8(7(6)5-14)9(10,11)12/h6-8,13H,2-5H2,1H3. The molecule has 3 atom stereocenters. The molecule has 1 N–H and O–H groups in total. The van der Waals surface area contributed by atoms with Crippen molar-refractivity contribution in [3.05, 3.63) is 0 Å². The molecule has 0 bridgehead atoms. The van der Waals surface area contributed by atoms with Gasteiger partial charge in [0.25, 0.3) is 0 Å². The first-order valence-electron chi connectivity index (χ1n) is 5.05. The van der Waals surface area contributed by atoms with Crippen molar-refractivity contribution in [2.45, 2.75) is 19.1 Å². The molecule has 0 amide bonds. The molecule has 2 aliphatic heterocycles. The average molecular weight is 208 g/mol. The van der Waals surface area contributed by atoms with Crippen molar-refractivity contribution in [2.75, 3.05) is 26.2 Å². The van der Waals surface area contributed by atoms with Gasteiger partial charge in [-0.05, 0) is 12.5 Å². The van der Waals surface area contributed by atoms with Gasteiger partial charge in [-0.3, -0.25) is 0 Å².